The summed E-state index contributed by atoms with van der Waals surface area (Å²) in [5, 5.41) is 1.82. The zero-order valence-electron chi connectivity index (χ0n) is 6.40. The van der Waals surface area contributed by atoms with Crippen molar-refractivity contribution in [2.75, 3.05) is 5.33 Å². The van der Waals surface area contributed by atoms with Gasteiger partial charge >= 0.3 is 0 Å². The van der Waals surface area contributed by atoms with E-state index in [4.69, 9.17) is 11.6 Å². The van der Waals surface area contributed by atoms with Gasteiger partial charge < -0.3 is 0 Å². The number of halogens is 2. The Labute approximate surface area is 80.7 Å². The van der Waals surface area contributed by atoms with Gasteiger partial charge in [0.2, 0.25) is 0 Å². The van der Waals surface area contributed by atoms with Crippen LogP contribution in [0.25, 0.3) is 0 Å². The van der Waals surface area contributed by atoms with E-state index in [2.05, 4.69) is 28.9 Å². The minimum atomic E-state index is 0.826. The summed E-state index contributed by atoms with van der Waals surface area (Å²) in [6.07, 6.45) is 1.05. The average molecular weight is 234 g/mol. The first-order valence-electron chi connectivity index (χ1n) is 3.55. The van der Waals surface area contributed by atoms with E-state index in [9.17, 15) is 0 Å². The van der Waals surface area contributed by atoms with Crippen LogP contribution in [-0.2, 0) is 6.42 Å². The quantitative estimate of drug-likeness (QED) is 0.685. The molecule has 0 aliphatic heterocycles. The van der Waals surface area contributed by atoms with Crippen LogP contribution in [-0.4, -0.2) is 5.33 Å². The van der Waals surface area contributed by atoms with Gasteiger partial charge in [-0.1, -0.05) is 33.6 Å². The highest BCUT2D eigenvalue weighted by molar-refractivity contribution is 9.09. The van der Waals surface area contributed by atoms with Crippen LogP contribution in [0.3, 0.4) is 0 Å². The van der Waals surface area contributed by atoms with Gasteiger partial charge in [-0.05, 0) is 36.6 Å². The molecule has 0 bridgehead atoms. The van der Waals surface area contributed by atoms with Crippen LogP contribution in [0, 0.1) is 6.92 Å². The van der Waals surface area contributed by atoms with Crippen molar-refractivity contribution in [3.63, 3.8) is 0 Å². The second-order valence-electron chi connectivity index (χ2n) is 2.51. The largest absolute Gasteiger partial charge is 0.0924 e. The summed E-state index contributed by atoms with van der Waals surface area (Å²) in [7, 11) is 0. The highest BCUT2D eigenvalue weighted by Gasteiger charge is 1.97. The topological polar surface area (TPSA) is 0 Å². The normalized spacial score (nSPS) is 10.1. The SMILES string of the molecule is Cc1ccc(Cl)cc1CCBr. The lowest BCUT2D eigenvalue weighted by Crippen LogP contribution is -1.89. The fraction of sp³-hybridized carbons (Fsp3) is 0.333. The Morgan fingerprint density at radius 1 is 1.45 bits per heavy atom. The number of hydrogen-bond acceptors (Lipinski definition) is 0. The fourth-order valence-electron chi connectivity index (χ4n) is 1.01. The molecule has 1 aromatic carbocycles. The zero-order valence-corrected chi connectivity index (χ0v) is 8.74. The molecule has 0 amide bonds. The molecule has 0 saturated heterocycles. The molecule has 2 heteroatoms. The number of rotatable bonds is 2. The first kappa shape index (κ1) is 9.08. The van der Waals surface area contributed by atoms with Gasteiger partial charge in [-0.25, -0.2) is 0 Å². The molecule has 60 valence electrons. The van der Waals surface area contributed by atoms with Gasteiger partial charge in [-0.15, -0.1) is 0 Å². The van der Waals surface area contributed by atoms with E-state index in [1.807, 2.05) is 12.1 Å². The van der Waals surface area contributed by atoms with Crippen LogP contribution < -0.4 is 0 Å². The van der Waals surface area contributed by atoms with Crippen LogP contribution in [0.5, 0.6) is 0 Å². The molecule has 0 unspecified atom stereocenters. The van der Waals surface area contributed by atoms with Crippen molar-refractivity contribution in [1.29, 1.82) is 0 Å². The highest BCUT2D eigenvalue weighted by Crippen LogP contribution is 2.16. The Hall–Kier alpha value is -0.0100. The third-order valence-electron chi connectivity index (χ3n) is 1.68. The molecule has 0 atom stereocenters. The van der Waals surface area contributed by atoms with E-state index >= 15 is 0 Å². The van der Waals surface area contributed by atoms with Crippen molar-refractivity contribution in [2.45, 2.75) is 13.3 Å². The minimum Gasteiger partial charge on any atom is -0.0924 e. The maximum Gasteiger partial charge on any atom is 0.0408 e. The summed E-state index contributed by atoms with van der Waals surface area (Å²) < 4.78 is 0. The van der Waals surface area contributed by atoms with Crippen molar-refractivity contribution in [3.05, 3.63) is 34.3 Å². The summed E-state index contributed by atoms with van der Waals surface area (Å²) in [5.41, 5.74) is 2.64. The summed E-state index contributed by atoms with van der Waals surface area (Å²) in [5.74, 6) is 0. The van der Waals surface area contributed by atoms with E-state index in [0.717, 1.165) is 16.8 Å². The predicted molar refractivity (Wildman–Crippen MR) is 53.7 cm³/mol. The molecule has 0 aliphatic rings. The summed E-state index contributed by atoms with van der Waals surface area (Å²) >= 11 is 9.24. The van der Waals surface area contributed by atoms with E-state index in [1.165, 1.54) is 11.1 Å². The molecule has 1 aromatic rings. The molecule has 0 nitrogen and oxygen atoms in total. The van der Waals surface area contributed by atoms with Crippen molar-refractivity contribution in [3.8, 4) is 0 Å². The lowest BCUT2D eigenvalue weighted by atomic mass is 10.1. The van der Waals surface area contributed by atoms with Crippen LogP contribution in [0.15, 0.2) is 18.2 Å². The van der Waals surface area contributed by atoms with Crippen molar-refractivity contribution >= 4 is 27.5 Å². The van der Waals surface area contributed by atoms with Crippen LogP contribution in [0.1, 0.15) is 11.1 Å². The number of hydrogen-bond donors (Lipinski definition) is 0. The number of aryl methyl sites for hydroxylation is 2. The van der Waals surface area contributed by atoms with Crippen LogP contribution in [0.4, 0.5) is 0 Å². The predicted octanol–water partition coefficient (Wildman–Crippen LogP) is 3.59. The van der Waals surface area contributed by atoms with Crippen LogP contribution >= 0.6 is 27.5 Å². The lowest BCUT2D eigenvalue weighted by molar-refractivity contribution is 1.13. The maximum absolute atomic E-state index is 5.84. The molecule has 0 saturated carbocycles. The Kier molecular flexibility index (Phi) is 3.41. The zero-order chi connectivity index (χ0) is 8.27. The maximum atomic E-state index is 5.84. The lowest BCUT2D eigenvalue weighted by Gasteiger charge is -2.02. The van der Waals surface area contributed by atoms with Gasteiger partial charge in [-0.2, -0.15) is 0 Å². The molecule has 1 rings (SSSR count). The summed E-state index contributed by atoms with van der Waals surface area (Å²) in [6.45, 7) is 2.11. The minimum absolute atomic E-state index is 0.826. The molecule has 0 N–H and O–H groups in total. The molecule has 11 heavy (non-hydrogen) atoms. The third-order valence-corrected chi connectivity index (χ3v) is 2.31. The highest BCUT2D eigenvalue weighted by atomic mass is 79.9. The summed E-state index contributed by atoms with van der Waals surface area (Å²) in [4.78, 5) is 0. The number of benzene rings is 1. The molecule has 0 heterocycles. The fourth-order valence-corrected chi connectivity index (χ4v) is 1.63. The van der Waals surface area contributed by atoms with Gasteiger partial charge in [0.05, 0.1) is 0 Å². The monoisotopic (exact) mass is 232 g/mol. The van der Waals surface area contributed by atoms with Crippen molar-refractivity contribution in [2.24, 2.45) is 0 Å². The van der Waals surface area contributed by atoms with E-state index in [0.29, 0.717) is 0 Å². The second kappa shape index (κ2) is 4.13. The van der Waals surface area contributed by atoms with E-state index < -0.39 is 0 Å². The molecule has 0 aromatic heterocycles. The van der Waals surface area contributed by atoms with Gasteiger partial charge in [-0.3, -0.25) is 0 Å². The molecule has 0 fully saturated rings. The molecular weight excluding hydrogens is 223 g/mol. The van der Waals surface area contributed by atoms with E-state index in [1.54, 1.807) is 0 Å². The van der Waals surface area contributed by atoms with Crippen LogP contribution in [0.2, 0.25) is 5.02 Å². The summed E-state index contributed by atoms with van der Waals surface area (Å²) in [6, 6.07) is 6.01. The van der Waals surface area contributed by atoms with Gasteiger partial charge in [0.15, 0.2) is 0 Å². The molecular formula is C9H10BrCl. The van der Waals surface area contributed by atoms with Gasteiger partial charge in [0, 0.05) is 10.4 Å². The van der Waals surface area contributed by atoms with Crippen molar-refractivity contribution < 1.29 is 0 Å². The molecule has 0 radical (unpaired) electrons. The Morgan fingerprint density at radius 3 is 2.82 bits per heavy atom. The third kappa shape index (κ3) is 2.49. The van der Waals surface area contributed by atoms with Gasteiger partial charge in [0.1, 0.15) is 0 Å². The first-order valence-corrected chi connectivity index (χ1v) is 5.05. The Bertz CT molecular complexity index is 245. The Morgan fingerprint density at radius 2 is 2.18 bits per heavy atom. The first-order chi connectivity index (χ1) is 5.24. The average Bonchev–Trinajstić information content (AvgIpc) is 1.98. The second-order valence-corrected chi connectivity index (χ2v) is 3.74. The Balaban J connectivity index is 2.93. The smallest absolute Gasteiger partial charge is 0.0408 e. The van der Waals surface area contributed by atoms with Crippen molar-refractivity contribution in [1.82, 2.24) is 0 Å². The van der Waals surface area contributed by atoms with Gasteiger partial charge in [0.25, 0.3) is 0 Å². The van der Waals surface area contributed by atoms with E-state index in [-0.39, 0.29) is 0 Å². The molecule has 0 spiro atoms. The molecule has 0 aliphatic carbocycles. The standard InChI is InChI=1S/C9H10BrCl/c1-7-2-3-9(11)6-8(7)4-5-10/h2-3,6H,4-5H2,1H3. The number of alkyl halides is 1.